The fourth-order valence-corrected chi connectivity index (χ4v) is 3.39. The Balaban J connectivity index is 2.30. The van der Waals surface area contributed by atoms with Crippen molar-refractivity contribution in [2.75, 3.05) is 0 Å². The molecule has 5 nitrogen and oxygen atoms in total. The van der Waals surface area contributed by atoms with Gasteiger partial charge in [0, 0.05) is 11.1 Å². The minimum absolute atomic E-state index is 0.00801. The van der Waals surface area contributed by atoms with Gasteiger partial charge < -0.3 is 10.2 Å². The van der Waals surface area contributed by atoms with Crippen molar-refractivity contribution in [1.82, 2.24) is 15.2 Å². The van der Waals surface area contributed by atoms with Crippen molar-refractivity contribution >= 4 is 23.2 Å². The molecule has 0 aromatic carbocycles. The third kappa shape index (κ3) is 2.95. The number of nitrogens with one attached hydrogen (secondary N) is 1. The van der Waals surface area contributed by atoms with Crippen molar-refractivity contribution in [2.45, 2.75) is 65.1 Å². The predicted octanol–water partition coefficient (Wildman–Crippen LogP) is 2.25. The zero-order valence-corrected chi connectivity index (χ0v) is 13.9. The number of nitrogens with zero attached hydrogens (tertiary/aromatic N) is 2. The molecule has 0 aliphatic carbocycles. The fourth-order valence-electron chi connectivity index (χ4n) is 2.63. The number of amides is 2. The van der Waals surface area contributed by atoms with Crippen LogP contribution in [0.25, 0.3) is 0 Å². The van der Waals surface area contributed by atoms with Crippen molar-refractivity contribution in [3.05, 3.63) is 16.1 Å². The van der Waals surface area contributed by atoms with Crippen molar-refractivity contribution in [3.8, 4) is 0 Å². The van der Waals surface area contributed by atoms with E-state index in [-0.39, 0.29) is 11.8 Å². The summed E-state index contributed by atoms with van der Waals surface area (Å²) in [5.74, 6) is -0.0509. The number of hydrogen-bond acceptors (Lipinski definition) is 4. The lowest BCUT2D eigenvalue weighted by atomic mass is 9.89. The number of carbonyl (C=O) groups is 2. The van der Waals surface area contributed by atoms with E-state index in [9.17, 15) is 9.59 Å². The Morgan fingerprint density at radius 2 is 2.14 bits per heavy atom. The fraction of sp³-hybridized carbons (Fsp3) is 0.667. The summed E-state index contributed by atoms with van der Waals surface area (Å²) in [5, 5.41) is 5.73. The molecule has 2 atom stereocenters. The molecular formula is C15H23N3O2S. The van der Waals surface area contributed by atoms with Crippen molar-refractivity contribution in [1.29, 1.82) is 0 Å². The molecule has 1 aromatic rings. The smallest absolute Gasteiger partial charge is 0.246 e. The Bertz CT molecular complexity index is 543. The summed E-state index contributed by atoms with van der Waals surface area (Å²) in [6.45, 7) is 8.14. The number of thiazole rings is 1. The minimum atomic E-state index is -0.791. The first-order chi connectivity index (χ1) is 9.92. The molecule has 1 aromatic heterocycles. The molecule has 0 spiro atoms. The highest BCUT2D eigenvalue weighted by atomic mass is 32.1. The molecule has 2 unspecified atom stereocenters. The molecule has 116 valence electrons. The van der Waals surface area contributed by atoms with E-state index < -0.39 is 11.6 Å². The monoisotopic (exact) mass is 309 g/mol. The highest BCUT2D eigenvalue weighted by Crippen LogP contribution is 2.28. The summed E-state index contributed by atoms with van der Waals surface area (Å²) in [4.78, 5) is 31.3. The average Bonchev–Trinajstić information content (AvgIpc) is 2.86. The Labute approximate surface area is 129 Å². The number of piperazine rings is 1. The molecule has 1 fully saturated rings. The maximum absolute atomic E-state index is 12.7. The van der Waals surface area contributed by atoms with E-state index in [1.165, 1.54) is 11.3 Å². The number of hydrogen-bond donors (Lipinski definition) is 1. The predicted molar refractivity (Wildman–Crippen MR) is 82.9 cm³/mol. The largest absolute Gasteiger partial charge is 0.342 e. The molecule has 1 N–H and O–H groups in total. The summed E-state index contributed by atoms with van der Waals surface area (Å²) in [7, 11) is 0. The minimum Gasteiger partial charge on any atom is -0.342 e. The van der Waals surface area contributed by atoms with Crippen LogP contribution in [0.2, 0.25) is 0 Å². The van der Waals surface area contributed by atoms with Crippen LogP contribution in [0.15, 0.2) is 5.38 Å². The normalized spacial score (nSPS) is 26.1. The van der Waals surface area contributed by atoms with Gasteiger partial charge in [-0.25, -0.2) is 4.98 Å². The Hall–Kier alpha value is -1.43. The van der Waals surface area contributed by atoms with E-state index in [0.717, 1.165) is 17.1 Å². The van der Waals surface area contributed by atoms with Crippen LogP contribution in [-0.2, 0) is 16.1 Å². The Morgan fingerprint density at radius 3 is 2.67 bits per heavy atom. The van der Waals surface area contributed by atoms with Crippen LogP contribution in [0.1, 0.15) is 50.7 Å². The van der Waals surface area contributed by atoms with Gasteiger partial charge in [-0.05, 0) is 26.7 Å². The maximum atomic E-state index is 12.7. The third-order valence-electron chi connectivity index (χ3n) is 4.18. The van der Waals surface area contributed by atoms with Crippen molar-refractivity contribution in [2.24, 2.45) is 0 Å². The second-order valence-corrected chi connectivity index (χ2v) is 6.69. The number of aryl methyl sites for hydroxylation is 1. The number of aromatic nitrogens is 1. The van der Waals surface area contributed by atoms with Gasteiger partial charge in [0.2, 0.25) is 11.8 Å². The second-order valence-electron chi connectivity index (χ2n) is 5.75. The lowest BCUT2D eigenvalue weighted by molar-refractivity contribution is -0.157. The molecule has 2 amide bonds. The summed E-state index contributed by atoms with van der Waals surface area (Å²) in [6.07, 6.45) is 2.13. The van der Waals surface area contributed by atoms with Crippen LogP contribution in [0.4, 0.5) is 0 Å². The SMILES string of the molecule is CCCC1NC(=O)C(C)(CC)N(Cc2nc(C)cs2)C1=O. The molecule has 0 radical (unpaired) electrons. The Morgan fingerprint density at radius 1 is 1.43 bits per heavy atom. The molecule has 21 heavy (non-hydrogen) atoms. The van der Waals surface area contributed by atoms with Gasteiger partial charge in [0.05, 0.1) is 6.54 Å². The third-order valence-corrected chi connectivity index (χ3v) is 5.13. The van der Waals surface area contributed by atoms with E-state index in [2.05, 4.69) is 10.3 Å². The van der Waals surface area contributed by atoms with E-state index in [0.29, 0.717) is 19.4 Å². The number of rotatable bonds is 5. The van der Waals surface area contributed by atoms with Gasteiger partial charge in [-0.3, -0.25) is 9.59 Å². The first kappa shape index (κ1) is 15.9. The maximum Gasteiger partial charge on any atom is 0.246 e. The molecule has 0 saturated carbocycles. The van der Waals surface area contributed by atoms with Crippen LogP contribution < -0.4 is 5.32 Å². The van der Waals surface area contributed by atoms with E-state index >= 15 is 0 Å². The van der Waals surface area contributed by atoms with Gasteiger partial charge >= 0.3 is 0 Å². The molecule has 1 saturated heterocycles. The van der Waals surface area contributed by atoms with Crippen LogP contribution in [0.5, 0.6) is 0 Å². The highest BCUT2D eigenvalue weighted by Gasteiger charge is 2.48. The van der Waals surface area contributed by atoms with E-state index in [1.807, 2.05) is 33.1 Å². The first-order valence-electron chi connectivity index (χ1n) is 7.45. The molecule has 2 rings (SSSR count). The van der Waals surface area contributed by atoms with Crippen molar-refractivity contribution in [3.63, 3.8) is 0 Å². The molecule has 6 heteroatoms. The molecular weight excluding hydrogens is 286 g/mol. The summed E-state index contributed by atoms with van der Waals surface area (Å²) in [6, 6.07) is -0.400. The highest BCUT2D eigenvalue weighted by molar-refractivity contribution is 7.09. The lowest BCUT2D eigenvalue weighted by Crippen LogP contribution is -2.68. The van der Waals surface area contributed by atoms with Gasteiger partial charge in [-0.2, -0.15) is 0 Å². The molecule has 1 aliphatic heterocycles. The van der Waals surface area contributed by atoms with Gasteiger partial charge in [-0.15, -0.1) is 11.3 Å². The van der Waals surface area contributed by atoms with E-state index in [1.54, 1.807) is 4.90 Å². The second kappa shape index (κ2) is 6.13. The van der Waals surface area contributed by atoms with Crippen LogP contribution in [0.3, 0.4) is 0 Å². The van der Waals surface area contributed by atoms with Crippen molar-refractivity contribution < 1.29 is 9.59 Å². The zero-order chi connectivity index (χ0) is 15.6. The average molecular weight is 309 g/mol. The molecule has 1 aliphatic rings. The van der Waals surface area contributed by atoms with Gasteiger partial charge in [-0.1, -0.05) is 20.3 Å². The van der Waals surface area contributed by atoms with Crippen LogP contribution in [0, 0.1) is 6.92 Å². The summed E-state index contributed by atoms with van der Waals surface area (Å²) < 4.78 is 0. The zero-order valence-electron chi connectivity index (χ0n) is 13.1. The van der Waals surface area contributed by atoms with Crippen LogP contribution in [-0.4, -0.2) is 33.3 Å². The van der Waals surface area contributed by atoms with E-state index in [4.69, 9.17) is 0 Å². The quantitative estimate of drug-likeness (QED) is 0.907. The summed E-state index contributed by atoms with van der Waals surface area (Å²) >= 11 is 1.54. The van der Waals surface area contributed by atoms with Crippen LogP contribution >= 0.6 is 11.3 Å². The Kier molecular flexibility index (Phi) is 4.66. The molecule has 2 heterocycles. The van der Waals surface area contributed by atoms with Gasteiger partial charge in [0.1, 0.15) is 16.6 Å². The van der Waals surface area contributed by atoms with Gasteiger partial charge in [0.15, 0.2) is 0 Å². The number of carbonyl (C=O) groups excluding carboxylic acids is 2. The summed E-state index contributed by atoms with van der Waals surface area (Å²) in [5.41, 5.74) is 0.160. The van der Waals surface area contributed by atoms with Gasteiger partial charge in [0.25, 0.3) is 0 Å². The lowest BCUT2D eigenvalue weighted by Gasteiger charge is -2.45. The molecule has 0 bridgehead atoms. The topological polar surface area (TPSA) is 62.3 Å². The standard InChI is InChI=1S/C15H23N3O2S/c1-5-7-11-13(19)18(8-12-16-10(3)9-21-12)15(4,6-2)14(20)17-11/h9,11H,5-8H2,1-4H3,(H,17,20). The first-order valence-corrected chi connectivity index (χ1v) is 8.33.